The third kappa shape index (κ3) is 4.43. The molecule has 2 atom stereocenters. The quantitative estimate of drug-likeness (QED) is 0.382. The van der Waals surface area contributed by atoms with Crippen molar-refractivity contribution in [1.82, 2.24) is 0 Å². The van der Waals surface area contributed by atoms with Crippen LogP contribution in [0.4, 0.5) is 0 Å². The first-order valence-electron chi connectivity index (χ1n) is 2.22. The predicted molar refractivity (Wildman–Crippen MR) is 37.2 cm³/mol. The van der Waals surface area contributed by atoms with E-state index in [0.717, 1.165) is 0 Å². The minimum atomic E-state index is -1.18. The third-order valence-electron chi connectivity index (χ3n) is 0.805. The molecular formula is C4H12AlNO3. The summed E-state index contributed by atoms with van der Waals surface area (Å²) in [5.74, 6) is -1.18. The maximum atomic E-state index is 9.86. The lowest BCUT2D eigenvalue weighted by Crippen LogP contribution is -2.39. The third-order valence-corrected chi connectivity index (χ3v) is 0.805. The highest BCUT2D eigenvalue weighted by Crippen LogP contribution is 1.85. The number of nitrogens with two attached hydrogens (primary N) is 1. The summed E-state index contributed by atoms with van der Waals surface area (Å²) in [6, 6.07) is -1.16. The molecular weight excluding hydrogens is 137 g/mol. The molecule has 0 spiro atoms. The fourth-order valence-electron chi connectivity index (χ4n) is 0.206. The van der Waals surface area contributed by atoms with Gasteiger partial charge in [0, 0.05) is 0 Å². The van der Waals surface area contributed by atoms with E-state index < -0.39 is 18.1 Å². The number of carbonyl (C=O) groups is 1. The molecule has 4 nitrogen and oxygen atoms in total. The van der Waals surface area contributed by atoms with Crippen molar-refractivity contribution >= 4 is 23.3 Å². The van der Waals surface area contributed by atoms with Crippen LogP contribution in [-0.4, -0.2) is 45.7 Å². The van der Waals surface area contributed by atoms with Gasteiger partial charge in [-0.3, -0.25) is 4.79 Å². The van der Waals surface area contributed by atoms with Gasteiger partial charge in [0.2, 0.25) is 0 Å². The van der Waals surface area contributed by atoms with Crippen molar-refractivity contribution in [2.75, 3.05) is 0 Å². The van der Waals surface area contributed by atoms with Gasteiger partial charge in [0.15, 0.2) is 17.4 Å². The van der Waals surface area contributed by atoms with E-state index in [1.807, 2.05) is 0 Å². The minimum absolute atomic E-state index is 0. The molecule has 0 saturated carbocycles. The van der Waals surface area contributed by atoms with Crippen LogP contribution in [0.5, 0.6) is 0 Å². The van der Waals surface area contributed by atoms with Gasteiger partial charge in [-0.2, -0.15) is 0 Å². The first-order valence-corrected chi connectivity index (χ1v) is 2.22. The van der Waals surface area contributed by atoms with Gasteiger partial charge in [0.1, 0.15) is 6.04 Å². The van der Waals surface area contributed by atoms with Crippen LogP contribution in [0.25, 0.3) is 0 Å². The number of hydrogen-bond acceptors (Lipinski definition) is 3. The highest BCUT2D eigenvalue weighted by atomic mass is 27.0. The fraction of sp³-hybridized carbons (Fsp3) is 0.750. The van der Waals surface area contributed by atoms with Crippen molar-refractivity contribution in [2.45, 2.75) is 19.1 Å². The molecule has 9 heavy (non-hydrogen) atoms. The molecule has 0 saturated heterocycles. The molecule has 0 radical (unpaired) electrons. The second kappa shape index (κ2) is 4.77. The molecule has 0 unspecified atom stereocenters. The molecule has 0 amide bonds. The largest absolute Gasteiger partial charge is 0.480 e. The van der Waals surface area contributed by atoms with Gasteiger partial charge in [-0.25, -0.2) is 0 Å². The fourth-order valence-corrected chi connectivity index (χ4v) is 0.206. The second-order valence-corrected chi connectivity index (χ2v) is 1.60. The van der Waals surface area contributed by atoms with Crippen LogP contribution in [0.1, 0.15) is 6.92 Å². The molecule has 5 heteroatoms. The Morgan fingerprint density at radius 1 is 1.67 bits per heavy atom. The second-order valence-electron chi connectivity index (χ2n) is 1.60. The van der Waals surface area contributed by atoms with Crippen LogP contribution in [0.2, 0.25) is 0 Å². The van der Waals surface area contributed by atoms with E-state index in [-0.39, 0.29) is 17.4 Å². The van der Waals surface area contributed by atoms with Gasteiger partial charge in [-0.15, -0.1) is 0 Å². The van der Waals surface area contributed by atoms with Gasteiger partial charge in [-0.05, 0) is 6.92 Å². The summed E-state index contributed by atoms with van der Waals surface area (Å²) in [7, 11) is 0. The molecule has 0 aliphatic rings. The van der Waals surface area contributed by atoms with E-state index in [1.54, 1.807) is 0 Å². The zero-order chi connectivity index (χ0) is 6.73. The van der Waals surface area contributed by atoms with Gasteiger partial charge >= 0.3 is 5.97 Å². The number of aliphatic hydroxyl groups is 1. The standard InChI is InChI=1S/C4H9NO3.Al.3H/c1-2(6)3(5)4(7)8;;;;/h2-3,6H,5H2,1H3,(H,7,8);;;;/t2-,3+;;;;/m1..../s1. The van der Waals surface area contributed by atoms with Gasteiger partial charge < -0.3 is 15.9 Å². The van der Waals surface area contributed by atoms with Crippen LogP contribution >= 0.6 is 0 Å². The van der Waals surface area contributed by atoms with Crippen molar-refractivity contribution in [3.05, 3.63) is 0 Å². The lowest BCUT2D eigenvalue weighted by Gasteiger charge is -2.06. The van der Waals surface area contributed by atoms with E-state index in [1.165, 1.54) is 6.92 Å². The van der Waals surface area contributed by atoms with E-state index in [9.17, 15) is 4.79 Å². The highest BCUT2D eigenvalue weighted by Gasteiger charge is 2.16. The normalized spacial score (nSPS) is 15.4. The summed E-state index contributed by atoms with van der Waals surface area (Å²) in [6.07, 6.45) is -0.979. The summed E-state index contributed by atoms with van der Waals surface area (Å²) >= 11 is 0. The van der Waals surface area contributed by atoms with Crippen LogP contribution in [0.15, 0.2) is 0 Å². The summed E-state index contributed by atoms with van der Waals surface area (Å²) in [4.78, 5) is 9.86. The molecule has 0 aromatic heterocycles. The van der Waals surface area contributed by atoms with Crippen LogP contribution in [0, 0.1) is 0 Å². The molecule has 0 fully saturated rings. The van der Waals surface area contributed by atoms with Crippen LogP contribution < -0.4 is 5.73 Å². The van der Waals surface area contributed by atoms with Crippen molar-refractivity contribution in [1.29, 1.82) is 0 Å². The molecule has 0 aliphatic carbocycles. The lowest BCUT2D eigenvalue weighted by molar-refractivity contribution is -0.140. The Morgan fingerprint density at radius 3 is 2.00 bits per heavy atom. The van der Waals surface area contributed by atoms with Crippen LogP contribution in [-0.2, 0) is 4.79 Å². The summed E-state index contributed by atoms with van der Waals surface area (Å²) in [5, 5.41) is 16.6. The van der Waals surface area contributed by atoms with E-state index in [0.29, 0.717) is 0 Å². The number of rotatable bonds is 2. The molecule has 0 aromatic carbocycles. The van der Waals surface area contributed by atoms with Gasteiger partial charge in [-0.1, -0.05) is 0 Å². The van der Waals surface area contributed by atoms with Gasteiger partial charge in [0.25, 0.3) is 0 Å². The minimum Gasteiger partial charge on any atom is -0.480 e. The first-order chi connectivity index (χ1) is 3.55. The molecule has 0 rings (SSSR count). The summed E-state index contributed by atoms with van der Waals surface area (Å²) in [5.41, 5.74) is 4.91. The molecule has 54 valence electrons. The maximum absolute atomic E-state index is 9.86. The van der Waals surface area contributed by atoms with Crippen molar-refractivity contribution in [3.63, 3.8) is 0 Å². The highest BCUT2D eigenvalue weighted by molar-refractivity contribution is 5.75. The zero-order valence-corrected chi connectivity index (χ0v) is 4.53. The molecule has 0 heterocycles. The Hall–Kier alpha value is -0.0775. The molecule has 4 N–H and O–H groups in total. The summed E-state index contributed by atoms with van der Waals surface area (Å²) < 4.78 is 0. The van der Waals surface area contributed by atoms with E-state index >= 15 is 0 Å². The van der Waals surface area contributed by atoms with E-state index in [4.69, 9.17) is 15.9 Å². The molecule has 0 aliphatic heterocycles. The summed E-state index contributed by atoms with van der Waals surface area (Å²) in [6.45, 7) is 1.33. The first kappa shape index (κ1) is 11.7. The Balaban J connectivity index is 0. The monoisotopic (exact) mass is 149 g/mol. The van der Waals surface area contributed by atoms with Crippen molar-refractivity contribution in [2.24, 2.45) is 5.73 Å². The van der Waals surface area contributed by atoms with Crippen molar-refractivity contribution < 1.29 is 15.0 Å². The number of aliphatic carboxylic acids is 1. The van der Waals surface area contributed by atoms with Crippen molar-refractivity contribution in [3.8, 4) is 0 Å². The number of hydrogen-bond donors (Lipinski definition) is 3. The Bertz CT molecular complexity index is 95.8. The predicted octanol–water partition coefficient (Wildman–Crippen LogP) is -2.40. The average Bonchev–Trinajstić information content (AvgIpc) is 1.64. The maximum Gasteiger partial charge on any atom is 0.323 e. The van der Waals surface area contributed by atoms with Crippen LogP contribution in [0.3, 0.4) is 0 Å². The number of carboxylic acid groups (broad SMARTS) is 1. The molecule has 0 aromatic rings. The zero-order valence-electron chi connectivity index (χ0n) is 4.53. The van der Waals surface area contributed by atoms with Gasteiger partial charge in [0.05, 0.1) is 6.10 Å². The topological polar surface area (TPSA) is 83.5 Å². The SMILES string of the molecule is C[C@@H](O)[C@H](N)C(=O)O.[AlH3]. The average molecular weight is 149 g/mol. The Morgan fingerprint density at radius 2 is 2.00 bits per heavy atom. The number of carboxylic acids is 1. The Labute approximate surface area is 63.8 Å². The van der Waals surface area contributed by atoms with E-state index in [2.05, 4.69) is 0 Å². The molecule has 0 bridgehead atoms. The Kier molecular flexibility index (Phi) is 6.19. The lowest BCUT2D eigenvalue weighted by atomic mass is 10.2. The smallest absolute Gasteiger partial charge is 0.323 e. The number of aliphatic hydroxyl groups excluding tert-OH is 1.